The first-order valence-corrected chi connectivity index (χ1v) is 14.3. The molecule has 0 saturated heterocycles. The number of carboxylic acid groups (broad SMARTS) is 1. The molecule has 1 aromatic heterocycles. The van der Waals surface area contributed by atoms with E-state index in [4.69, 9.17) is 34.7 Å². The molecule has 0 bridgehead atoms. The van der Waals surface area contributed by atoms with Crippen molar-refractivity contribution in [2.45, 2.75) is 74.4 Å². The van der Waals surface area contributed by atoms with Crippen LogP contribution in [-0.2, 0) is 19.6 Å². The summed E-state index contributed by atoms with van der Waals surface area (Å²) in [7, 11) is -4.30. The van der Waals surface area contributed by atoms with Crippen molar-refractivity contribution in [1.82, 2.24) is 19.6 Å². The average Bonchev–Trinajstić information content (AvgIpc) is 3.25. The molecule has 0 radical (unpaired) electrons. The molecule has 1 saturated carbocycles. The fraction of sp³-hybridized carbons (Fsp3) is 0.522. The largest absolute Gasteiger partial charge is 0.480 e. The number of carbonyl (C=O) groups excluding carboxylic acids is 1. The van der Waals surface area contributed by atoms with Gasteiger partial charge in [-0.15, -0.1) is 0 Å². The van der Waals surface area contributed by atoms with E-state index >= 15 is 0 Å². The van der Waals surface area contributed by atoms with Crippen LogP contribution in [0.4, 0.5) is 5.69 Å². The van der Waals surface area contributed by atoms with Gasteiger partial charge < -0.3 is 26.5 Å². The van der Waals surface area contributed by atoms with Gasteiger partial charge in [-0.3, -0.25) is 9.59 Å². The summed E-state index contributed by atoms with van der Waals surface area (Å²) < 4.78 is 29.0. The van der Waals surface area contributed by atoms with E-state index in [9.17, 15) is 23.1 Å². The number of nitrogen functional groups attached to an aromatic ring is 1. The van der Waals surface area contributed by atoms with Crippen LogP contribution in [0.3, 0.4) is 0 Å². The third-order valence-electron chi connectivity index (χ3n) is 6.45. The molecule has 14 heteroatoms. The third kappa shape index (κ3) is 7.81. The number of amides is 1. The zero-order valence-corrected chi connectivity index (χ0v) is 22.5. The number of nitrogens with one attached hydrogen (secondary N) is 2. The van der Waals surface area contributed by atoms with Gasteiger partial charge in [0.05, 0.1) is 26.7 Å². The van der Waals surface area contributed by atoms with Gasteiger partial charge in [0.25, 0.3) is 0 Å². The lowest BCUT2D eigenvalue weighted by Crippen LogP contribution is -2.53. The SMILES string of the molecule is Nc1c(Cl)cc(S(=O)(=O)N[C@@H](CCC(N)c2ncc[nH]2)C(=O)N(CC(=O)O)C2CCCCCC2)cc1Cl. The Morgan fingerprint density at radius 1 is 1.16 bits per heavy atom. The Balaban J connectivity index is 1.92. The number of aliphatic carboxylic acids is 1. The first kappa shape index (κ1) is 29.2. The number of hydrogen-bond acceptors (Lipinski definition) is 7. The molecule has 3 rings (SSSR count). The molecule has 0 spiro atoms. The van der Waals surface area contributed by atoms with Crippen molar-refractivity contribution in [3.8, 4) is 0 Å². The topological polar surface area (TPSA) is 184 Å². The van der Waals surface area contributed by atoms with E-state index in [0.29, 0.717) is 18.7 Å². The van der Waals surface area contributed by atoms with Crippen molar-refractivity contribution >= 4 is 50.8 Å². The molecule has 1 amide bonds. The summed E-state index contributed by atoms with van der Waals surface area (Å²) in [5, 5.41) is 9.44. The molecule has 11 nitrogen and oxygen atoms in total. The van der Waals surface area contributed by atoms with Gasteiger partial charge in [0.15, 0.2) is 0 Å². The molecule has 1 unspecified atom stereocenters. The standard InChI is InChI=1S/C23H32Cl2N6O5S/c24-16-11-15(12-17(25)21(16)27)37(35,36)30-19(8-7-18(26)22-28-9-10-29-22)23(34)31(13-20(32)33)14-5-3-1-2-4-6-14/h9-12,14,18-19,30H,1-8,13,26-27H2,(H,28,29)(H,32,33)/t18?,19-/m0/s1. The second-order valence-electron chi connectivity index (χ2n) is 9.14. The maximum atomic E-state index is 13.8. The molecule has 7 N–H and O–H groups in total. The quantitative estimate of drug-likeness (QED) is 0.200. The second kappa shape index (κ2) is 12.9. The lowest BCUT2D eigenvalue weighted by atomic mass is 10.0. The Morgan fingerprint density at radius 3 is 2.32 bits per heavy atom. The number of imidazole rings is 1. The predicted octanol–water partition coefficient (Wildman–Crippen LogP) is 3.06. The zero-order valence-electron chi connectivity index (χ0n) is 20.2. The Hall–Kier alpha value is -2.38. The number of benzene rings is 1. The fourth-order valence-corrected chi connectivity index (χ4v) is 6.36. The number of H-pyrrole nitrogens is 1. The molecule has 1 aromatic carbocycles. The first-order chi connectivity index (χ1) is 17.5. The van der Waals surface area contributed by atoms with Crippen LogP contribution in [0, 0.1) is 0 Å². The predicted molar refractivity (Wildman–Crippen MR) is 141 cm³/mol. The Kier molecular flexibility index (Phi) is 10.2. The van der Waals surface area contributed by atoms with E-state index in [0.717, 1.165) is 37.8 Å². The molecular weight excluding hydrogens is 543 g/mol. The summed E-state index contributed by atoms with van der Waals surface area (Å²) in [6.07, 6.45) is 8.34. The summed E-state index contributed by atoms with van der Waals surface area (Å²) in [6.45, 7) is -0.536. The summed E-state index contributed by atoms with van der Waals surface area (Å²) in [6, 6.07) is 0.0882. The number of hydrogen-bond donors (Lipinski definition) is 5. The average molecular weight is 576 g/mol. The van der Waals surface area contributed by atoms with E-state index in [2.05, 4.69) is 14.7 Å². The minimum absolute atomic E-state index is 0.000788. The molecule has 37 heavy (non-hydrogen) atoms. The van der Waals surface area contributed by atoms with E-state index in [1.165, 1.54) is 11.1 Å². The Morgan fingerprint density at radius 2 is 1.78 bits per heavy atom. The Bertz CT molecular complexity index is 1160. The van der Waals surface area contributed by atoms with Crippen LogP contribution in [0.25, 0.3) is 0 Å². The maximum Gasteiger partial charge on any atom is 0.323 e. The zero-order chi connectivity index (χ0) is 27.2. The maximum absolute atomic E-state index is 13.8. The first-order valence-electron chi connectivity index (χ1n) is 12.0. The van der Waals surface area contributed by atoms with Gasteiger partial charge in [-0.2, -0.15) is 4.72 Å². The van der Waals surface area contributed by atoms with Gasteiger partial charge in [0.2, 0.25) is 15.9 Å². The molecule has 1 aliphatic carbocycles. The van der Waals surface area contributed by atoms with E-state index in [1.54, 1.807) is 6.20 Å². The summed E-state index contributed by atoms with van der Waals surface area (Å²) >= 11 is 12.1. The van der Waals surface area contributed by atoms with Crippen LogP contribution in [-0.4, -0.2) is 58.9 Å². The third-order valence-corrected chi connectivity index (χ3v) is 8.53. The van der Waals surface area contributed by atoms with Gasteiger partial charge in [-0.05, 0) is 37.8 Å². The lowest BCUT2D eigenvalue weighted by Gasteiger charge is -2.33. The number of carbonyl (C=O) groups is 2. The number of rotatable bonds is 11. The second-order valence-corrected chi connectivity index (χ2v) is 11.7. The van der Waals surface area contributed by atoms with Crippen molar-refractivity contribution in [2.75, 3.05) is 12.3 Å². The van der Waals surface area contributed by atoms with Crippen molar-refractivity contribution in [1.29, 1.82) is 0 Å². The highest BCUT2D eigenvalue weighted by atomic mass is 35.5. The fourth-order valence-electron chi connectivity index (χ4n) is 4.47. The van der Waals surface area contributed by atoms with Gasteiger partial charge in [0.1, 0.15) is 18.4 Å². The lowest BCUT2D eigenvalue weighted by molar-refractivity contribution is -0.147. The minimum Gasteiger partial charge on any atom is -0.480 e. The van der Waals surface area contributed by atoms with Crippen LogP contribution in [0.15, 0.2) is 29.4 Å². The number of nitrogens with two attached hydrogens (primary N) is 2. The number of anilines is 1. The summed E-state index contributed by atoms with van der Waals surface area (Å²) in [4.78, 5) is 33.5. The summed E-state index contributed by atoms with van der Waals surface area (Å²) in [5.41, 5.74) is 12.0. The van der Waals surface area contributed by atoms with E-state index in [-0.39, 0.29) is 39.5 Å². The van der Waals surface area contributed by atoms with Crippen molar-refractivity contribution in [2.24, 2.45) is 5.73 Å². The number of sulfonamides is 1. The van der Waals surface area contributed by atoms with E-state index < -0.39 is 40.5 Å². The number of halogens is 2. The van der Waals surface area contributed by atoms with Crippen molar-refractivity contribution < 1.29 is 23.1 Å². The molecule has 1 fully saturated rings. The van der Waals surface area contributed by atoms with Gasteiger partial charge >= 0.3 is 5.97 Å². The molecular formula is C23H32Cl2N6O5S. The van der Waals surface area contributed by atoms with E-state index in [1.807, 2.05) is 0 Å². The summed E-state index contributed by atoms with van der Waals surface area (Å²) in [5.74, 6) is -1.32. The van der Waals surface area contributed by atoms with Crippen molar-refractivity contribution in [3.63, 3.8) is 0 Å². The van der Waals surface area contributed by atoms with Crippen LogP contribution in [0.5, 0.6) is 0 Å². The monoisotopic (exact) mass is 574 g/mol. The molecule has 204 valence electrons. The molecule has 1 heterocycles. The highest BCUT2D eigenvalue weighted by Crippen LogP contribution is 2.31. The number of aromatic amines is 1. The van der Waals surface area contributed by atoms with Gasteiger partial charge in [-0.25, -0.2) is 13.4 Å². The highest BCUT2D eigenvalue weighted by Gasteiger charge is 2.35. The van der Waals surface area contributed by atoms with Crippen LogP contribution in [0.1, 0.15) is 63.2 Å². The smallest absolute Gasteiger partial charge is 0.323 e. The van der Waals surface area contributed by atoms with Crippen LogP contribution >= 0.6 is 23.2 Å². The number of carboxylic acids is 1. The molecule has 2 atom stereocenters. The highest BCUT2D eigenvalue weighted by molar-refractivity contribution is 7.89. The minimum atomic E-state index is -4.30. The van der Waals surface area contributed by atoms with Gasteiger partial charge in [-0.1, -0.05) is 48.9 Å². The number of nitrogens with zero attached hydrogens (tertiary/aromatic N) is 2. The van der Waals surface area contributed by atoms with Crippen LogP contribution in [0.2, 0.25) is 10.0 Å². The van der Waals surface area contributed by atoms with Crippen LogP contribution < -0.4 is 16.2 Å². The molecule has 2 aromatic rings. The molecule has 1 aliphatic rings. The number of aromatic nitrogens is 2. The Labute approximate surface area is 225 Å². The molecule has 0 aliphatic heterocycles. The van der Waals surface area contributed by atoms with Gasteiger partial charge in [0, 0.05) is 18.4 Å². The van der Waals surface area contributed by atoms with Crippen molar-refractivity contribution in [3.05, 3.63) is 40.4 Å². The normalized spacial score (nSPS) is 16.6.